The zero-order valence-electron chi connectivity index (χ0n) is 16.1. The number of hydrogen-bond acceptors (Lipinski definition) is 5. The molecular formula is C22H26N6. The maximum Gasteiger partial charge on any atom is 0.207 e. The third-order valence-electron chi connectivity index (χ3n) is 5.28. The van der Waals surface area contributed by atoms with Gasteiger partial charge in [0, 0.05) is 12.7 Å². The highest BCUT2D eigenvalue weighted by molar-refractivity contribution is 5.79. The molecule has 1 aliphatic heterocycles. The van der Waals surface area contributed by atoms with E-state index in [1.165, 1.54) is 32.1 Å². The summed E-state index contributed by atoms with van der Waals surface area (Å²) in [5.41, 5.74) is 3.63. The van der Waals surface area contributed by atoms with Crippen molar-refractivity contribution in [1.82, 2.24) is 19.9 Å². The van der Waals surface area contributed by atoms with Gasteiger partial charge in [0.25, 0.3) is 0 Å². The summed E-state index contributed by atoms with van der Waals surface area (Å²) in [4.78, 5) is 11.8. The molecular weight excluding hydrogens is 348 g/mol. The molecule has 28 heavy (non-hydrogen) atoms. The Morgan fingerprint density at radius 2 is 1.89 bits per heavy atom. The summed E-state index contributed by atoms with van der Waals surface area (Å²) in [5, 5.41) is 12.6. The highest BCUT2D eigenvalue weighted by Gasteiger charge is 2.18. The number of imidazole rings is 1. The van der Waals surface area contributed by atoms with Crippen molar-refractivity contribution in [1.29, 1.82) is 5.26 Å². The Bertz CT molecular complexity index is 943. The van der Waals surface area contributed by atoms with Gasteiger partial charge in [-0.15, -0.1) is 0 Å². The molecule has 2 aromatic heterocycles. The minimum Gasteiger partial charge on any atom is -0.329 e. The van der Waals surface area contributed by atoms with E-state index in [4.69, 9.17) is 10.2 Å². The summed E-state index contributed by atoms with van der Waals surface area (Å²) in [6.45, 7) is 3.49. The number of anilines is 1. The number of nitriles is 1. The average Bonchev–Trinajstić information content (AvgIpc) is 3.11. The van der Waals surface area contributed by atoms with Crippen LogP contribution >= 0.6 is 0 Å². The topological polar surface area (TPSA) is 69.8 Å². The molecule has 0 atom stereocenters. The summed E-state index contributed by atoms with van der Waals surface area (Å²) in [5.74, 6) is 0.987. The lowest BCUT2D eigenvalue weighted by Crippen LogP contribution is -2.37. The second kappa shape index (κ2) is 8.85. The smallest absolute Gasteiger partial charge is 0.207 e. The number of fused-ring (bicyclic) bond motifs is 1. The van der Waals surface area contributed by atoms with E-state index < -0.39 is 0 Å². The van der Waals surface area contributed by atoms with Gasteiger partial charge in [0.2, 0.25) is 5.95 Å². The largest absolute Gasteiger partial charge is 0.329 e. The van der Waals surface area contributed by atoms with Gasteiger partial charge in [0.15, 0.2) is 0 Å². The molecule has 0 unspecified atom stereocenters. The molecule has 0 radical (unpaired) electrons. The van der Waals surface area contributed by atoms with Crippen molar-refractivity contribution >= 4 is 17.0 Å². The number of nitrogens with one attached hydrogen (secondary N) is 1. The Balaban J connectivity index is 1.68. The van der Waals surface area contributed by atoms with E-state index >= 15 is 0 Å². The van der Waals surface area contributed by atoms with E-state index in [-0.39, 0.29) is 0 Å². The maximum atomic E-state index is 9.01. The highest BCUT2D eigenvalue weighted by atomic mass is 15.3. The van der Waals surface area contributed by atoms with Crippen LogP contribution in [0, 0.1) is 11.3 Å². The van der Waals surface area contributed by atoms with Crippen LogP contribution in [0.2, 0.25) is 0 Å². The predicted molar refractivity (Wildman–Crippen MR) is 111 cm³/mol. The molecule has 144 valence electrons. The van der Waals surface area contributed by atoms with Gasteiger partial charge in [-0.25, -0.2) is 4.98 Å². The van der Waals surface area contributed by atoms with Gasteiger partial charge in [0.05, 0.1) is 35.5 Å². The Morgan fingerprint density at radius 3 is 2.75 bits per heavy atom. The SMILES string of the molecule is N#Cc1ccc(Cn2c(N3CCCCCCCNC3)nc3ccccc32)nc1. The fourth-order valence-corrected chi connectivity index (χ4v) is 3.75. The summed E-state index contributed by atoms with van der Waals surface area (Å²) in [7, 11) is 0. The lowest BCUT2D eigenvalue weighted by molar-refractivity contribution is 0.524. The molecule has 0 spiro atoms. The van der Waals surface area contributed by atoms with Gasteiger partial charge in [0.1, 0.15) is 6.07 Å². The van der Waals surface area contributed by atoms with E-state index in [1.54, 1.807) is 6.20 Å². The van der Waals surface area contributed by atoms with Gasteiger partial charge in [-0.1, -0.05) is 31.4 Å². The second-order valence-corrected chi connectivity index (χ2v) is 7.33. The van der Waals surface area contributed by atoms with Crippen LogP contribution in [0.15, 0.2) is 42.6 Å². The summed E-state index contributed by atoms with van der Waals surface area (Å²) >= 11 is 0. The van der Waals surface area contributed by atoms with E-state index in [0.717, 1.165) is 42.4 Å². The van der Waals surface area contributed by atoms with Crippen LogP contribution in [-0.2, 0) is 6.54 Å². The van der Waals surface area contributed by atoms with Crippen LogP contribution in [0.25, 0.3) is 11.0 Å². The fraction of sp³-hybridized carbons (Fsp3) is 0.409. The number of hydrogen-bond donors (Lipinski definition) is 1. The molecule has 0 aliphatic carbocycles. The van der Waals surface area contributed by atoms with Gasteiger partial charge < -0.3 is 9.47 Å². The zero-order valence-corrected chi connectivity index (χ0v) is 16.1. The molecule has 1 N–H and O–H groups in total. The van der Waals surface area contributed by atoms with E-state index in [2.05, 4.69) is 44.0 Å². The number of rotatable bonds is 3. The lowest BCUT2D eigenvalue weighted by Gasteiger charge is -2.26. The van der Waals surface area contributed by atoms with Crippen LogP contribution in [0.3, 0.4) is 0 Å². The van der Waals surface area contributed by atoms with Crippen molar-refractivity contribution in [2.45, 2.75) is 38.6 Å². The third-order valence-corrected chi connectivity index (χ3v) is 5.28. The van der Waals surface area contributed by atoms with E-state index in [1.807, 2.05) is 18.2 Å². The first-order chi connectivity index (χ1) is 13.8. The van der Waals surface area contributed by atoms with Crippen molar-refractivity contribution in [2.75, 3.05) is 24.7 Å². The van der Waals surface area contributed by atoms with E-state index in [9.17, 15) is 0 Å². The van der Waals surface area contributed by atoms with Crippen LogP contribution in [0.1, 0.15) is 43.4 Å². The van der Waals surface area contributed by atoms with Crippen molar-refractivity contribution in [2.24, 2.45) is 0 Å². The first-order valence-electron chi connectivity index (χ1n) is 10.1. The molecule has 1 aromatic carbocycles. The normalized spacial score (nSPS) is 16.0. The summed E-state index contributed by atoms with van der Waals surface area (Å²) in [6.07, 6.45) is 7.95. The van der Waals surface area contributed by atoms with Crippen LogP contribution in [0.4, 0.5) is 5.95 Å². The van der Waals surface area contributed by atoms with Crippen molar-refractivity contribution < 1.29 is 0 Å². The van der Waals surface area contributed by atoms with Crippen molar-refractivity contribution in [3.63, 3.8) is 0 Å². The first kappa shape index (κ1) is 18.5. The molecule has 1 saturated heterocycles. The summed E-state index contributed by atoms with van der Waals surface area (Å²) < 4.78 is 2.25. The van der Waals surface area contributed by atoms with E-state index in [0.29, 0.717) is 12.1 Å². The number of nitrogens with zero attached hydrogens (tertiary/aromatic N) is 5. The minimum absolute atomic E-state index is 0.583. The molecule has 0 bridgehead atoms. The first-order valence-corrected chi connectivity index (χ1v) is 10.1. The molecule has 3 heterocycles. The standard InChI is InChI=1S/C22H26N6/c23-14-18-10-11-19(25-15-18)16-28-21-9-5-4-8-20(21)26-22(28)27-13-7-3-1-2-6-12-24-17-27/h4-5,8-11,15,24H,1-3,6-7,12-13,16-17H2. The number of aromatic nitrogens is 3. The van der Waals surface area contributed by atoms with Crippen molar-refractivity contribution in [3.05, 3.63) is 53.9 Å². The van der Waals surface area contributed by atoms with Gasteiger partial charge in [-0.05, 0) is 43.7 Å². The molecule has 1 aliphatic rings. The molecule has 0 amide bonds. The summed E-state index contributed by atoms with van der Waals surface area (Å²) in [6, 6.07) is 14.2. The Labute approximate surface area is 165 Å². The molecule has 6 nitrogen and oxygen atoms in total. The minimum atomic E-state index is 0.583. The average molecular weight is 374 g/mol. The molecule has 6 heteroatoms. The number of pyridine rings is 1. The predicted octanol–water partition coefficient (Wildman–Crippen LogP) is 3.67. The van der Waals surface area contributed by atoms with Gasteiger partial charge in [-0.3, -0.25) is 10.3 Å². The Kier molecular flexibility index (Phi) is 5.83. The quantitative estimate of drug-likeness (QED) is 0.757. The lowest BCUT2D eigenvalue weighted by atomic mass is 10.1. The molecule has 0 saturated carbocycles. The number of para-hydroxylation sites is 2. The maximum absolute atomic E-state index is 9.01. The number of benzene rings is 1. The second-order valence-electron chi connectivity index (χ2n) is 7.33. The van der Waals surface area contributed by atoms with Crippen LogP contribution in [-0.4, -0.2) is 34.3 Å². The monoisotopic (exact) mass is 374 g/mol. The van der Waals surface area contributed by atoms with Gasteiger partial charge in [-0.2, -0.15) is 5.26 Å². The Morgan fingerprint density at radius 1 is 1.04 bits per heavy atom. The molecule has 4 rings (SSSR count). The Hall–Kier alpha value is -2.91. The van der Waals surface area contributed by atoms with Crippen molar-refractivity contribution in [3.8, 4) is 6.07 Å². The van der Waals surface area contributed by atoms with Crippen LogP contribution in [0.5, 0.6) is 0 Å². The molecule has 1 fully saturated rings. The zero-order chi connectivity index (χ0) is 19.2. The van der Waals surface area contributed by atoms with Gasteiger partial charge >= 0.3 is 0 Å². The molecule has 3 aromatic rings. The fourth-order valence-electron chi connectivity index (χ4n) is 3.75. The van der Waals surface area contributed by atoms with Crippen LogP contribution < -0.4 is 10.2 Å². The third kappa shape index (κ3) is 4.15. The highest BCUT2D eigenvalue weighted by Crippen LogP contribution is 2.24.